The average Bonchev–Trinajstić information content (AvgIpc) is 2.42. The van der Waals surface area contributed by atoms with Crippen molar-refractivity contribution < 1.29 is 4.74 Å². The molecule has 0 bridgehead atoms. The van der Waals surface area contributed by atoms with E-state index in [0.29, 0.717) is 16.7 Å². The molecule has 0 aliphatic heterocycles. The summed E-state index contributed by atoms with van der Waals surface area (Å²) in [5, 5.41) is 3.82. The zero-order valence-electron chi connectivity index (χ0n) is 12.1. The predicted molar refractivity (Wildman–Crippen MR) is 90.2 cm³/mol. The van der Waals surface area contributed by atoms with Crippen molar-refractivity contribution in [2.45, 2.75) is 26.3 Å². The summed E-state index contributed by atoms with van der Waals surface area (Å²) in [6.07, 6.45) is 2.00. The van der Waals surface area contributed by atoms with Crippen LogP contribution in [0.25, 0.3) is 0 Å². The standard InChI is InChI=1S/C16H18BrClN2O/c1-3-4-13-7-11(10-19-2)8-16(20-13)21-15-6-5-12(18)9-14(15)17/h5-9,19H,3-4,10H2,1-2H3. The van der Waals surface area contributed by atoms with Crippen LogP contribution in [0, 0.1) is 0 Å². The van der Waals surface area contributed by atoms with E-state index in [2.05, 4.69) is 39.2 Å². The smallest absolute Gasteiger partial charge is 0.219 e. The Balaban J connectivity index is 2.29. The molecule has 0 atom stereocenters. The Labute approximate surface area is 138 Å². The van der Waals surface area contributed by atoms with Gasteiger partial charge in [0.25, 0.3) is 0 Å². The summed E-state index contributed by atoms with van der Waals surface area (Å²) in [5.74, 6) is 1.31. The number of nitrogens with zero attached hydrogens (tertiary/aromatic N) is 1. The van der Waals surface area contributed by atoms with Crippen molar-refractivity contribution in [3.8, 4) is 11.6 Å². The molecule has 1 aromatic carbocycles. The summed E-state index contributed by atoms with van der Waals surface area (Å²) in [4.78, 5) is 4.56. The van der Waals surface area contributed by atoms with Crippen molar-refractivity contribution in [2.75, 3.05) is 7.05 Å². The quantitative estimate of drug-likeness (QED) is 0.781. The van der Waals surface area contributed by atoms with Crippen LogP contribution in [0.2, 0.25) is 5.02 Å². The van der Waals surface area contributed by atoms with Crippen molar-refractivity contribution in [3.05, 3.63) is 51.1 Å². The summed E-state index contributed by atoms with van der Waals surface area (Å²) in [7, 11) is 1.93. The Hall–Kier alpha value is -1.10. The van der Waals surface area contributed by atoms with E-state index in [0.717, 1.165) is 35.1 Å². The SMILES string of the molecule is CCCc1cc(CNC)cc(Oc2ccc(Cl)cc2Br)n1. The minimum absolute atomic E-state index is 0.606. The van der Waals surface area contributed by atoms with Crippen molar-refractivity contribution in [2.24, 2.45) is 0 Å². The lowest BCUT2D eigenvalue weighted by Gasteiger charge is -2.11. The van der Waals surface area contributed by atoms with Gasteiger partial charge >= 0.3 is 0 Å². The third-order valence-electron chi connectivity index (χ3n) is 2.91. The normalized spacial score (nSPS) is 10.7. The number of hydrogen-bond acceptors (Lipinski definition) is 3. The number of pyridine rings is 1. The fourth-order valence-electron chi connectivity index (χ4n) is 2.03. The second-order valence-corrected chi connectivity index (χ2v) is 6.05. The Bertz CT molecular complexity index is 595. The van der Waals surface area contributed by atoms with Gasteiger partial charge in [-0.2, -0.15) is 0 Å². The van der Waals surface area contributed by atoms with Crippen molar-refractivity contribution in [3.63, 3.8) is 0 Å². The first-order valence-corrected chi connectivity index (χ1v) is 8.06. The molecule has 0 saturated heterocycles. The highest BCUT2D eigenvalue weighted by molar-refractivity contribution is 9.10. The molecule has 112 valence electrons. The van der Waals surface area contributed by atoms with Crippen LogP contribution in [0.3, 0.4) is 0 Å². The Morgan fingerprint density at radius 3 is 2.76 bits per heavy atom. The maximum Gasteiger partial charge on any atom is 0.219 e. The van der Waals surface area contributed by atoms with Gasteiger partial charge in [0.15, 0.2) is 0 Å². The topological polar surface area (TPSA) is 34.1 Å². The second kappa shape index (κ2) is 7.78. The summed E-state index contributed by atoms with van der Waals surface area (Å²) < 4.78 is 6.71. The zero-order valence-corrected chi connectivity index (χ0v) is 14.5. The minimum Gasteiger partial charge on any atom is -0.438 e. The molecular weight excluding hydrogens is 352 g/mol. The van der Waals surface area contributed by atoms with E-state index >= 15 is 0 Å². The number of aryl methyl sites for hydroxylation is 1. The number of benzene rings is 1. The summed E-state index contributed by atoms with van der Waals surface area (Å²) in [6.45, 7) is 2.93. The number of rotatable bonds is 6. The highest BCUT2D eigenvalue weighted by atomic mass is 79.9. The minimum atomic E-state index is 0.606. The molecule has 3 nitrogen and oxygen atoms in total. The zero-order chi connectivity index (χ0) is 15.2. The average molecular weight is 370 g/mol. The lowest BCUT2D eigenvalue weighted by Crippen LogP contribution is -2.06. The monoisotopic (exact) mass is 368 g/mol. The lowest BCUT2D eigenvalue weighted by molar-refractivity contribution is 0.456. The van der Waals surface area contributed by atoms with Crippen LogP contribution in [-0.4, -0.2) is 12.0 Å². The highest BCUT2D eigenvalue weighted by Crippen LogP contribution is 2.31. The second-order valence-electron chi connectivity index (χ2n) is 4.76. The van der Waals surface area contributed by atoms with Gasteiger partial charge in [-0.15, -0.1) is 0 Å². The molecule has 0 radical (unpaired) electrons. The van der Waals surface area contributed by atoms with Gasteiger partial charge in [0.2, 0.25) is 5.88 Å². The number of aromatic nitrogens is 1. The van der Waals surface area contributed by atoms with Crippen LogP contribution in [-0.2, 0) is 13.0 Å². The molecule has 0 unspecified atom stereocenters. The van der Waals surface area contributed by atoms with Gasteiger partial charge in [0.1, 0.15) is 5.75 Å². The number of ether oxygens (including phenoxy) is 1. The maximum atomic E-state index is 5.94. The summed E-state index contributed by atoms with van der Waals surface area (Å²) >= 11 is 9.40. The van der Waals surface area contributed by atoms with E-state index in [9.17, 15) is 0 Å². The van der Waals surface area contributed by atoms with E-state index in [1.165, 1.54) is 0 Å². The molecule has 1 heterocycles. The molecule has 0 saturated carbocycles. The number of hydrogen-bond donors (Lipinski definition) is 1. The largest absolute Gasteiger partial charge is 0.438 e. The summed E-state index contributed by atoms with van der Waals surface area (Å²) in [5.41, 5.74) is 2.21. The van der Waals surface area contributed by atoms with Crippen LogP contribution >= 0.6 is 27.5 Å². The Morgan fingerprint density at radius 1 is 1.29 bits per heavy atom. The van der Waals surface area contributed by atoms with Crippen LogP contribution in [0.15, 0.2) is 34.8 Å². The summed E-state index contributed by atoms with van der Waals surface area (Å²) in [6, 6.07) is 9.51. The van der Waals surface area contributed by atoms with Gasteiger partial charge in [-0.25, -0.2) is 4.98 Å². The fraction of sp³-hybridized carbons (Fsp3) is 0.312. The molecule has 0 amide bonds. The van der Waals surface area contributed by atoms with Crippen molar-refractivity contribution in [1.82, 2.24) is 10.3 Å². The maximum absolute atomic E-state index is 5.94. The molecule has 21 heavy (non-hydrogen) atoms. The Morgan fingerprint density at radius 2 is 2.10 bits per heavy atom. The molecule has 5 heteroatoms. The molecule has 0 spiro atoms. The van der Waals surface area contributed by atoms with Gasteiger partial charge in [-0.3, -0.25) is 0 Å². The van der Waals surface area contributed by atoms with Gasteiger partial charge < -0.3 is 10.1 Å². The van der Waals surface area contributed by atoms with Crippen molar-refractivity contribution >= 4 is 27.5 Å². The third-order valence-corrected chi connectivity index (χ3v) is 3.76. The molecular formula is C16H18BrClN2O. The number of nitrogens with one attached hydrogen (secondary N) is 1. The molecule has 1 aromatic heterocycles. The number of halogens is 2. The third kappa shape index (κ3) is 4.70. The molecule has 1 N–H and O–H groups in total. The van der Waals surface area contributed by atoms with Crippen molar-refractivity contribution in [1.29, 1.82) is 0 Å². The van der Waals surface area contributed by atoms with E-state index in [1.54, 1.807) is 12.1 Å². The van der Waals surface area contributed by atoms with E-state index in [4.69, 9.17) is 16.3 Å². The Kier molecular flexibility index (Phi) is 6.03. The molecule has 2 rings (SSSR count). The molecule has 0 aliphatic rings. The van der Waals surface area contributed by atoms with E-state index < -0.39 is 0 Å². The fourth-order valence-corrected chi connectivity index (χ4v) is 2.80. The van der Waals surface area contributed by atoms with Crippen LogP contribution < -0.4 is 10.1 Å². The van der Waals surface area contributed by atoms with Crippen LogP contribution in [0.1, 0.15) is 24.6 Å². The first-order chi connectivity index (χ1) is 10.1. The molecule has 0 fully saturated rings. The van der Waals surface area contributed by atoms with Gasteiger partial charge in [0, 0.05) is 23.3 Å². The van der Waals surface area contributed by atoms with E-state index in [1.807, 2.05) is 19.2 Å². The van der Waals surface area contributed by atoms with Crippen LogP contribution in [0.4, 0.5) is 0 Å². The first kappa shape index (κ1) is 16.3. The lowest BCUT2D eigenvalue weighted by atomic mass is 10.1. The molecule has 2 aromatic rings. The van der Waals surface area contributed by atoms with Gasteiger partial charge in [0.05, 0.1) is 4.47 Å². The highest BCUT2D eigenvalue weighted by Gasteiger charge is 2.07. The molecule has 0 aliphatic carbocycles. The predicted octanol–water partition coefficient (Wildman–Crippen LogP) is 4.96. The van der Waals surface area contributed by atoms with Gasteiger partial charge in [-0.05, 0) is 59.2 Å². The van der Waals surface area contributed by atoms with E-state index in [-0.39, 0.29) is 0 Å². The van der Waals surface area contributed by atoms with Gasteiger partial charge in [-0.1, -0.05) is 24.9 Å². The first-order valence-electron chi connectivity index (χ1n) is 6.89. The van der Waals surface area contributed by atoms with Crippen LogP contribution in [0.5, 0.6) is 11.6 Å².